The molecule has 0 atom stereocenters. The molecule has 2 aromatic carbocycles. The summed E-state index contributed by atoms with van der Waals surface area (Å²) < 4.78 is 23.8. The summed E-state index contributed by atoms with van der Waals surface area (Å²) in [6.07, 6.45) is 1.12. The van der Waals surface area contributed by atoms with Crippen molar-refractivity contribution < 1.29 is 18.3 Å². The predicted octanol–water partition coefficient (Wildman–Crippen LogP) is 1.99. The summed E-state index contributed by atoms with van der Waals surface area (Å²) in [6.45, 7) is 2.38. The van der Waals surface area contributed by atoms with Crippen LogP contribution in [0, 0.1) is 6.92 Å². The van der Waals surface area contributed by atoms with Gasteiger partial charge in [0.2, 0.25) is 10.0 Å². The summed E-state index contributed by atoms with van der Waals surface area (Å²) in [6, 6.07) is 12.2. The number of hydrogen-bond donors (Lipinski definition) is 2. The minimum Gasteiger partial charge on any atom is -0.507 e. The van der Waals surface area contributed by atoms with Gasteiger partial charge in [-0.05, 0) is 36.8 Å². The second kappa shape index (κ2) is 7.67. The Morgan fingerprint density at radius 3 is 2.40 bits per heavy atom. The quantitative estimate of drug-likeness (QED) is 0.823. The SMILES string of the molecule is Cc1ccc(O)c(-c2ccc(C(=O)NCCN(C)S(C)(=O)=O)cc2)c1. The first-order valence-electron chi connectivity index (χ1n) is 7.78. The van der Waals surface area contributed by atoms with Gasteiger partial charge in [-0.3, -0.25) is 4.79 Å². The van der Waals surface area contributed by atoms with Crippen molar-refractivity contribution in [3.05, 3.63) is 53.6 Å². The standard InChI is InChI=1S/C18H22N2O4S/c1-13-4-9-17(21)16(12-13)14-5-7-15(8-6-14)18(22)19-10-11-20(2)25(3,23)24/h4-9,12,21H,10-11H2,1-3H3,(H,19,22). The molecule has 6 nitrogen and oxygen atoms in total. The van der Waals surface area contributed by atoms with Crippen LogP contribution in [0.5, 0.6) is 5.75 Å². The van der Waals surface area contributed by atoms with Crippen LogP contribution in [0.2, 0.25) is 0 Å². The summed E-state index contributed by atoms with van der Waals surface area (Å²) in [4.78, 5) is 12.1. The molecule has 0 bridgehead atoms. The summed E-state index contributed by atoms with van der Waals surface area (Å²) in [7, 11) is -1.79. The minimum absolute atomic E-state index is 0.187. The van der Waals surface area contributed by atoms with E-state index in [2.05, 4.69) is 5.32 Å². The van der Waals surface area contributed by atoms with Crippen molar-refractivity contribution in [2.45, 2.75) is 6.92 Å². The van der Waals surface area contributed by atoms with Crippen LogP contribution >= 0.6 is 0 Å². The molecule has 0 aliphatic carbocycles. The van der Waals surface area contributed by atoms with Crippen molar-refractivity contribution in [2.75, 3.05) is 26.4 Å². The van der Waals surface area contributed by atoms with Gasteiger partial charge in [0.1, 0.15) is 5.75 Å². The molecule has 25 heavy (non-hydrogen) atoms. The lowest BCUT2D eigenvalue weighted by atomic mass is 10.0. The molecule has 2 rings (SSSR count). The smallest absolute Gasteiger partial charge is 0.251 e. The highest BCUT2D eigenvalue weighted by molar-refractivity contribution is 7.88. The summed E-state index contributed by atoms with van der Waals surface area (Å²) >= 11 is 0. The van der Waals surface area contributed by atoms with E-state index in [1.54, 1.807) is 30.3 Å². The molecule has 2 aromatic rings. The Labute approximate surface area is 148 Å². The first-order valence-corrected chi connectivity index (χ1v) is 9.63. The second-order valence-electron chi connectivity index (χ2n) is 5.94. The molecule has 0 unspecified atom stereocenters. The average Bonchev–Trinajstić information content (AvgIpc) is 2.56. The number of carbonyl (C=O) groups excluding carboxylic acids is 1. The van der Waals surface area contributed by atoms with Crippen LogP contribution in [0.4, 0.5) is 0 Å². The number of rotatable bonds is 6. The highest BCUT2D eigenvalue weighted by Crippen LogP contribution is 2.29. The van der Waals surface area contributed by atoms with Crippen LogP contribution in [0.3, 0.4) is 0 Å². The van der Waals surface area contributed by atoms with Gasteiger partial charge in [-0.25, -0.2) is 12.7 Å². The fourth-order valence-electron chi connectivity index (χ4n) is 2.28. The van der Waals surface area contributed by atoms with Crippen molar-refractivity contribution in [1.82, 2.24) is 9.62 Å². The van der Waals surface area contributed by atoms with Crippen LogP contribution in [-0.4, -0.2) is 50.1 Å². The highest BCUT2D eigenvalue weighted by Gasteiger charge is 2.12. The number of benzene rings is 2. The fourth-order valence-corrected chi connectivity index (χ4v) is 2.70. The molecule has 1 amide bonds. The molecule has 134 valence electrons. The van der Waals surface area contributed by atoms with Gasteiger partial charge in [-0.2, -0.15) is 0 Å². The Bertz CT molecular complexity index is 861. The zero-order valence-corrected chi connectivity index (χ0v) is 15.3. The third kappa shape index (κ3) is 5.04. The normalized spacial score (nSPS) is 11.5. The van der Waals surface area contributed by atoms with Crippen molar-refractivity contribution >= 4 is 15.9 Å². The van der Waals surface area contributed by atoms with Gasteiger partial charge in [0.15, 0.2) is 0 Å². The van der Waals surface area contributed by atoms with Crippen LogP contribution < -0.4 is 5.32 Å². The Morgan fingerprint density at radius 2 is 1.80 bits per heavy atom. The Morgan fingerprint density at radius 1 is 1.16 bits per heavy atom. The van der Waals surface area contributed by atoms with Gasteiger partial charge in [-0.1, -0.05) is 23.8 Å². The number of carbonyl (C=O) groups is 1. The molecule has 0 radical (unpaired) electrons. The van der Waals surface area contributed by atoms with E-state index in [1.807, 2.05) is 19.1 Å². The lowest BCUT2D eigenvalue weighted by Crippen LogP contribution is -2.35. The molecular weight excluding hydrogens is 340 g/mol. The Kier molecular flexibility index (Phi) is 5.81. The van der Waals surface area contributed by atoms with E-state index in [-0.39, 0.29) is 24.7 Å². The number of phenolic OH excluding ortho intramolecular Hbond substituents is 1. The summed E-state index contributed by atoms with van der Waals surface area (Å²) in [5.74, 6) is -0.0893. The van der Waals surface area contributed by atoms with Gasteiger partial charge < -0.3 is 10.4 Å². The van der Waals surface area contributed by atoms with Crippen LogP contribution in [0.25, 0.3) is 11.1 Å². The van der Waals surface area contributed by atoms with E-state index in [1.165, 1.54) is 11.4 Å². The Hall–Kier alpha value is -2.38. The number of likely N-dealkylation sites (N-methyl/N-ethyl adjacent to an activating group) is 1. The molecule has 0 saturated heterocycles. The molecule has 0 heterocycles. The molecule has 0 aliphatic rings. The maximum absolute atomic E-state index is 12.1. The van der Waals surface area contributed by atoms with Crippen molar-refractivity contribution in [3.63, 3.8) is 0 Å². The van der Waals surface area contributed by atoms with E-state index in [0.717, 1.165) is 17.4 Å². The van der Waals surface area contributed by atoms with Gasteiger partial charge in [0, 0.05) is 31.3 Å². The number of sulfonamides is 1. The first kappa shape index (κ1) is 19.0. The molecule has 0 spiro atoms. The number of aryl methyl sites for hydroxylation is 1. The molecule has 0 saturated carbocycles. The van der Waals surface area contributed by atoms with Gasteiger partial charge in [0.25, 0.3) is 5.91 Å². The maximum atomic E-state index is 12.1. The van der Waals surface area contributed by atoms with Crippen LogP contribution in [0.1, 0.15) is 15.9 Å². The lowest BCUT2D eigenvalue weighted by Gasteiger charge is -2.14. The van der Waals surface area contributed by atoms with Gasteiger partial charge >= 0.3 is 0 Å². The zero-order valence-electron chi connectivity index (χ0n) is 14.5. The second-order valence-corrected chi connectivity index (χ2v) is 8.03. The van der Waals surface area contributed by atoms with E-state index < -0.39 is 10.0 Å². The van der Waals surface area contributed by atoms with E-state index in [0.29, 0.717) is 11.1 Å². The number of aromatic hydroxyl groups is 1. The summed E-state index contributed by atoms with van der Waals surface area (Å²) in [5.41, 5.74) is 3.03. The summed E-state index contributed by atoms with van der Waals surface area (Å²) in [5, 5.41) is 12.7. The molecule has 0 aliphatic heterocycles. The third-order valence-corrected chi connectivity index (χ3v) is 5.20. The fraction of sp³-hybridized carbons (Fsp3) is 0.278. The van der Waals surface area contributed by atoms with Crippen LogP contribution in [-0.2, 0) is 10.0 Å². The maximum Gasteiger partial charge on any atom is 0.251 e. The van der Waals surface area contributed by atoms with Gasteiger partial charge in [-0.15, -0.1) is 0 Å². The number of phenols is 1. The lowest BCUT2D eigenvalue weighted by molar-refractivity contribution is 0.0952. The molecule has 7 heteroatoms. The zero-order chi connectivity index (χ0) is 18.6. The van der Waals surface area contributed by atoms with Crippen molar-refractivity contribution in [3.8, 4) is 16.9 Å². The van der Waals surface area contributed by atoms with Crippen LogP contribution in [0.15, 0.2) is 42.5 Å². The van der Waals surface area contributed by atoms with E-state index in [9.17, 15) is 18.3 Å². The molecular formula is C18H22N2O4S. The van der Waals surface area contributed by atoms with Crippen molar-refractivity contribution in [1.29, 1.82) is 0 Å². The predicted molar refractivity (Wildman–Crippen MR) is 98.1 cm³/mol. The highest BCUT2D eigenvalue weighted by atomic mass is 32.2. The number of nitrogens with one attached hydrogen (secondary N) is 1. The minimum atomic E-state index is -3.25. The number of nitrogens with zero attached hydrogens (tertiary/aromatic N) is 1. The number of amides is 1. The third-order valence-electron chi connectivity index (χ3n) is 3.89. The molecule has 2 N–H and O–H groups in total. The largest absolute Gasteiger partial charge is 0.507 e. The van der Waals surface area contributed by atoms with E-state index >= 15 is 0 Å². The average molecular weight is 362 g/mol. The van der Waals surface area contributed by atoms with Crippen molar-refractivity contribution in [2.24, 2.45) is 0 Å². The monoisotopic (exact) mass is 362 g/mol. The molecule has 0 aromatic heterocycles. The molecule has 0 fully saturated rings. The number of hydrogen-bond acceptors (Lipinski definition) is 4. The Balaban J connectivity index is 2.02. The van der Waals surface area contributed by atoms with Gasteiger partial charge in [0.05, 0.1) is 6.26 Å². The first-order chi connectivity index (χ1) is 11.7. The van der Waals surface area contributed by atoms with E-state index in [4.69, 9.17) is 0 Å². The topological polar surface area (TPSA) is 86.7 Å².